The SMILES string of the molecule is Cc1c(F)c(I)c(C)c(I)c1F. The maximum atomic E-state index is 13.2. The van der Waals surface area contributed by atoms with Gasteiger partial charge < -0.3 is 0 Å². The largest absolute Gasteiger partial charge is 0.205 e. The molecule has 1 rings (SSSR count). The molecule has 0 fully saturated rings. The Morgan fingerprint density at radius 2 is 1.17 bits per heavy atom. The molecule has 0 aliphatic heterocycles. The lowest BCUT2D eigenvalue weighted by Gasteiger charge is -2.07. The topological polar surface area (TPSA) is 0 Å². The van der Waals surface area contributed by atoms with Gasteiger partial charge in [-0.3, -0.25) is 0 Å². The van der Waals surface area contributed by atoms with E-state index in [1.807, 2.05) is 45.2 Å². The molecule has 0 N–H and O–H groups in total. The second kappa shape index (κ2) is 3.73. The maximum absolute atomic E-state index is 13.2. The van der Waals surface area contributed by atoms with E-state index in [2.05, 4.69) is 0 Å². The summed E-state index contributed by atoms with van der Waals surface area (Å²) in [6, 6.07) is 0. The molecule has 0 aromatic heterocycles. The number of hydrogen-bond donors (Lipinski definition) is 0. The molecule has 1 aromatic carbocycles. The fourth-order valence-corrected chi connectivity index (χ4v) is 2.72. The van der Waals surface area contributed by atoms with Crippen molar-refractivity contribution in [2.75, 3.05) is 0 Å². The third-order valence-corrected chi connectivity index (χ3v) is 4.27. The molecule has 0 heterocycles. The van der Waals surface area contributed by atoms with E-state index in [1.165, 1.54) is 6.92 Å². The van der Waals surface area contributed by atoms with Gasteiger partial charge in [-0.2, -0.15) is 0 Å². The Bertz CT molecular complexity index is 229. The average Bonchev–Trinajstić information content (AvgIpc) is 2.08. The normalized spacial score (nSPS) is 10.5. The highest BCUT2D eigenvalue weighted by Crippen LogP contribution is 2.27. The van der Waals surface area contributed by atoms with E-state index >= 15 is 0 Å². The molecule has 0 unspecified atom stereocenters. The minimum atomic E-state index is -0.439. The zero-order valence-corrected chi connectivity index (χ0v) is 10.8. The predicted octanol–water partition coefficient (Wildman–Crippen LogP) is 3.79. The number of benzene rings is 1. The van der Waals surface area contributed by atoms with E-state index in [0.29, 0.717) is 12.7 Å². The van der Waals surface area contributed by atoms with Crippen LogP contribution in [0.4, 0.5) is 8.78 Å². The molecule has 0 saturated carbocycles. The molecule has 0 radical (unpaired) electrons. The van der Waals surface area contributed by atoms with Crippen molar-refractivity contribution in [3.63, 3.8) is 0 Å². The summed E-state index contributed by atoms with van der Waals surface area (Å²) in [7, 11) is 0. The van der Waals surface area contributed by atoms with E-state index in [1.54, 1.807) is 6.92 Å². The number of rotatable bonds is 0. The second-order valence-electron chi connectivity index (χ2n) is 2.51. The van der Waals surface area contributed by atoms with Crippen LogP contribution < -0.4 is 0 Å². The molecule has 0 bridgehead atoms. The summed E-state index contributed by atoms with van der Waals surface area (Å²) in [6.07, 6.45) is 0. The first-order valence-electron chi connectivity index (χ1n) is 3.26. The van der Waals surface area contributed by atoms with Crippen molar-refractivity contribution in [3.05, 3.63) is 29.9 Å². The molecule has 66 valence electrons. The summed E-state index contributed by atoms with van der Waals surface area (Å²) in [4.78, 5) is 0. The highest BCUT2D eigenvalue weighted by Gasteiger charge is 2.15. The summed E-state index contributed by atoms with van der Waals surface area (Å²) in [5.74, 6) is -0.878. The molecule has 0 aliphatic rings. The highest BCUT2D eigenvalue weighted by atomic mass is 127. The third-order valence-electron chi connectivity index (χ3n) is 1.70. The van der Waals surface area contributed by atoms with Gasteiger partial charge in [0.05, 0.1) is 7.14 Å². The summed E-state index contributed by atoms with van der Waals surface area (Å²) in [5.41, 5.74) is 0.784. The Morgan fingerprint density at radius 3 is 1.50 bits per heavy atom. The van der Waals surface area contributed by atoms with Crippen molar-refractivity contribution in [1.29, 1.82) is 0 Å². The Hall–Kier alpha value is 0.540. The van der Waals surface area contributed by atoms with Gasteiger partial charge in [-0.15, -0.1) is 0 Å². The van der Waals surface area contributed by atoms with Crippen LogP contribution in [-0.4, -0.2) is 0 Å². The number of halogens is 4. The van der Waals surface area contributed by atoms with Gasteiger partial charge in [0, 0.05) is 5.56 Å². The van der Waals surface area contributed by atoms with E-state index in [9.17, 15) is 8.78 Å². The molecule has 0 spiro atoms. The van der Waals surface area contributed by atoms with E-state index in [0.717, 1.165) is 0 Å². The number of hydrogen-bond acceptors (Lipinski definition) is 0. The quantitative estimate of drug-likeness (QED) is 0.464. The first kappa shape index (κ1) is 10.6. The lowest BCUT2D eigenvalue weighted by Crippen LogP contribution is -2.00. The van der Waals surface area contributed by atoms with Crippen LogP contribution in [0.3, 0.4) is 0 Å². The van der Waals surface area contributed by atoms with E-state index < -0.39 is 11.6 Å². The Labute approximate surface area is 97.0 Å². The fraction of sp³-hybridized carbons (Fsp3) is 0.250. The van der Waals surface area contributed by atoms with Gasteiger partial charge >= 0.3 is 0 Å². The molecular formula is C8H6F2I2. The zero-order valence-electron chi connectivity index (χ0n) is 6.51. The Morgan fingerprint density at radius 1 is 0.833 bits per heavy atom. The lowest BCUT2D eigenvalue weighted by molar-refractivity contribution is 0.556. The van der Waals surface area contributed by atoms with Crippen LogP contribution in [0.5, 0.6) is 0 Å². The summed E-state index contributed by atoms with van der Waals surface area (Å²) in [5, 5.41) is 0. The van der Waals surface area contributed by atoms with Crippen LogP contribution in [0, 0.1) is 32.6 Å². The van der Waals surface area contributed by atoms with Crippen molar-refractivity contribution in [1.82, 2.24) is 0 Å². The van der Waals surface area contributed by atoms with Crippen LogP contribution in [0.1, 0.15) is 11.1 Å². The summed E-state index contributed by atoms with van der Waals surface area (Å²) >= 11 is 3.78. The molecule has 12 heavy (non-hydrogen) atoms. The van der Waals surface area contributed by atoms with Gasteiger partial charge in [-0.25, -0.2) is 8.78 Å². The predicted molar refractivity (Wildman–Crippen MR) is 61.3 cm³/mol. The molecule has 0 nitrogen and oxygen atoms in total. The van der Waals surface area contributed by atoms with Crippen molar-refractivity contribution in [2.24, 2.45) is 0 Å². The van der Waals surface area contributed by atoms with Crippen LogP contribution in [0.15, 0.2) is 0 Å². The van der Waals surface area contributed by atoms with Gasteiger partial charge in [0.1, 0.15) is 11.6 Å². The van der Waals surface area contributed by atoms with Crippen molar-refractivity contribution in [3.8, 4) is 0 Å². The molecule has 0 saturated heterocycles. The Balaban J connectivity index is 3.60. The van der Waals surface area contributed by atoms with Crippen molar-refractivity contribution < 1.29 is 8.78 Å². The van der Waals surface area contributed by atoms with Crippen LogP contribution >= 0.6 is 45.2 Å². The van der Waals surface area contributed by atoms with Gasteiger partial charge in [-0.1, -0.05) is 0 Å². The highest BCUT2D eigenvalue weighted by molar-refractivity contribution is 14.1. The minimum absolute atomic E-state index is 0.106. The first-order valence-corrected chi connectivity index (χ1v) is 5.41. The van der Waals surface area contributed by atoms with E-state index in [-0.39, 0.29) is 5.56 Å². The fourth-order valence-electron chi connectivity index (χ4n) is 0.851. The van der Waals surface area contributed by atoms with Gasteiger partial charge in [0.2, 0.25) is 0 Å². The Kier molecular flexibility index (Phi) is 3.30. The van der Waals surface area contributed by atoms with Gasteiger partial charge in [0.25, 0.3) is 0 Å². The molecule has 0 amide bonds. The molecule has 0 aliphatic carbocycles. The van der Waals surface area contributed by atoms with Gasteiger partial charge in [0.15, 0.2) is 0 Å². The van der Waals surface area contributed by atoms with Crippen LogP contribution in [0.2, 0.25) is 0 Å². The maximum Gasteiger partial charge on any atom is 0.142 e. The first-order chi connectivity index (χ1) is 5.46. The summed E-state index contributed by atoms with van der Waals surface area (Å²) in [6.45, 7) is 3.17. The van der Waals surface area contributed by atoms with Gasteiger partial charge in [-0.05, 0) is 64.6 Å². The smallest absolute Gasteiger partial charge is 0.142 e. The van der Waals surface area contributed by atoms with Crippen molar-refractivity contribution in [2.45, 2.75) is 13.8 Å². The lowest BCUT2D eigenvalue weighted by atomic mass is 10.1. The molecule has 1 aromatic rings. The minimum Gasteiger partial charge on any atom is -0.205 e. The van der Waals surface area contributed by atoms with Crippen LogP contribution in [-0.2, 0) is 0 Å². The zero-order chi connectivity index (χ0) is 9.46. The molecule has 4 heteroatoms. The molecular weight excluding hydrogens is 388 g/mol. The van der Waals surface area contributed by atoms with Crippen LogP contribution in [0.25, 0.3) is 0 Å². The second-order valence-corrected chi connectivity index (χ2v) is 4.66. The summed E-state index contributed by atoms with van der Waals surface area (Å²) < 4.78 is 27.4. The standard InChI is InChI=1S/C8H6F2I2/c1-3-5(9)7(11)4(2)8(12)6(3)10/h1-2H3. The average molecular weight is 394 g/mol. The monoisotopic (exact) mass is 394 g/mol. The van der Waals surface area contributed by atoms with E-state index in [4.69, 9.17) is 0 Å². The van der Waals surface area contributed by atoms with Crippen molar-refractivity contribution >= 4 is 45.2 Å². The molecule has 0 atom stereocenters. The third kappa shape index (κ3) is 1.59.